The number of aryl methyl sites for hydroxylation is 4. The predicted molar refractivity (Wildman–Crippen MR) is 138 cm³/mol. The first-order valence-corrected chi connectivity index (χ1v) is 11.9. The topological polar surface area (TPSA) is 56.2 Å². The summed E-state index contributed by atoms with van der Waals surface area (Å²) in [5.74, 6) is 1.93. The summed E-state index contributed by atoms with van der Waals surface area (Å²) in [6.07, 6.45) is 1.60. The number of ether oxygens (including phenoxy) is 1. The Morgan fingerprint density at radius 2 is 1.79 bits per heavy atom. The lowest BCUT2D eigenvalue weighted by Crippen LogP contribution is -2.25. The van der Waals surface area contributed by atoms with Crippen molar-refractivity contribution in [1.29, 1.82) is 0 Å². The van der Waals surface area contributed by atoms with Crippen molar-refractivity contribution in [2.45, 2.75) is 47.1 Å². The highest BCUT2D eigenvalue weighted by Gasteiger charge is 2.12. The number of aromatic nitrogens is 2. The molecule has 0 saturated heterocycles. The van der Waals surface area contributed by atoms with Crippen molar-refractivity contribution in [2.24, 2.45) is 0 Å². The van der Waals surface area contributed by atoms with Crippen LogP contribution in [-0.4, -0.2) is 28.6 Å². The van der Waals surface area contributed by atoms with Gasteiger partial charge < -0.3 is 14.6 Å². The number of rotatable bonds is 9. The molecule has 3 aromatic carbocycles. The van der Waals surface area contributed by atoms with Crippen molar-refractivity contribution >= 4 is 16.9 Å². The summed E-state index contributed by atoms with van der Waals surface area (Å²) in [6, 6.07) is 20.3. The van der Waals surface area contributed by atoms with E-state index >= 15 is 0 Å². The standard InChI is InChI=1S/C29H33N3O2/c1-20-14-15-24(22(3)19-20)29(33)30-16-8-13-28-31-25-10-5-6-11-26(25)32(28)17-18-34-27-12-7-9-21(2)23(27)4/h5-7,9-12,14-15,19H,8,13,16-18H2,1-4H3,(H,30,33). The molecule has 5 heteroatoms. The van der Waals surface area contributed by atoms with E-state index in [1.807, 2.05) is 62.4 Å². The Kier molecular flexibility index (Phi) is 7.31. The second-order valence-electron chi connectivity index (χ2n) is 8.89. The molecule has 0 atom stereocenters. The zero-order valence-electron chi connectivity index (χ0n) is 20.5. The van der Waals surface area contributed by atoms with E-state index in [2.05, 4.69) is 35.9 Å². The summed E-state index contributed by atoms with van der Waals surface area (Å²) in [6.45, 7) is 10.1. The Morgan fingerprint density at radius 3 is 2.62 bits per heavy atom. The van der Waals surface area contributed by atoms with Crippen LogP contribution in [0, 0.1) is 27.7 Å². The van der Waals surface area contributed by atoms with Gasteiger partial charge in [0.15, 0.2) is 0 Å². The molecule has 1 heterocycles. The van der Waals surface area contributed by atoms with Gasteiger partial charge >= 0.3 is 0 Å². The van der Waals surface area contributed by atoms with E-state index in [0.29, 0.717) is 13.2 Å². The minimum absolute atomic E-state index is 0.0204. The van der Waals surface area contributed by atoms with Crippen LogP contribution in [0.15, 0.2) is 60.7 Å². The van der Waals surface area contributed by atoms with Gasteiger partial charge in [0.2, 0.25) is 0 Å². The molecule has 0 aliphatic carbocycles. The van der Waals surface area contributed by atoms with Crippen molar-refractivity contribution in [3.63, 3.8) is 0 Å². The molecule has 4 rings (SSSR count). The first-order chi connectivity index (χ1) is 16.4. The number of carbonyl (C=O) groups is 1. The van der Waals surface area contributed by atoms with Crippen LogP contribution in [0.2, 0.25) is 0 Å². The van der Waals surface area contributed by atoms with Crippen LogP contribution in [0.3, 0.4) is 0 Å². The summed E-state index contributed by atoms with van der Waals surface area (Å²) < 4.78 is 8.36. The van der Waals surface area contributed by atoms with Gasteiger partial charge in [-0.15, -0.1) is 0 Å². The van der Waals surface area contributed by atoms with Crippen molar-refractivity contribution in [3.8, 4) is 5.75 Å². The summed E-state index contributed by atoms with van der Waals surface area (Å²) >= 11 is 0. The zero-order chi connectivity index (χ0) is 24.1. The van der Waals surface area contributed by atoms with Gasteiger partial charge in [-0.25, -0.2) is 4.98 Å². The summed E-state index contributed by atoms with van der Waals surface area (Å²) in [4.78, 5) is 17.4. The minimum Gasteiger partial charge on any atom is -0.491 e. The lowest BCUT2D eigenvalue weighted by molar-refractivity contribution is 0.0952. The SMILES string of the molecule is Cc1ccc(C(=O)NCCCc2nc3ccccc3n2CCOc2cccc(C)c2C)c(C)c1. The van der Waals surface area contributed by atoms with E-state index in [1.54, 1.807) is 0 Å². The first-order valence-electron chi connectivity index (χ1n) is 11.9. The number of carbonyl (C=O) groups excluding carboxylic acids is 1. The number of benzene rings is 3. The van der Waals surface area contributed by atoms with Crippen LogP contribution in [0.4, 0.5) is 0 Å². The molecule has 0 unspecified atom stereocenters. The lowest BCUT2D eigenvalue weighted by Gasteiger charge is -2.13. The highest BCUT2D eigenvalue weighted by Crippen LogP contribution is 2.22. The number of hydrogen-bond donors (Lipinski definition) is 1. The van der Waals surface area contributed by atoms with Gasteiger partial charge in [0.1, 0.15) is 18.2 Å². The molecule has 4 aromatic rings. The van der Waals surface area contributed by atoms with Gasteiger partial charge in [0.25, 0.3) is 5.91 Å². The van der Waals surface area contributed by atoms with Crippen molar-refractivity contribution < 1.29 is 9.53 Å². The molecule has 0 saturated carbocycles. The van der Waals surface area contributed by atoms with E-state index in [0.717, 1.165) is 58.7 Å². The van der Waals surface area contributed by atoms with Gasteiger partial charge in [-0.2, -0.15) is 0 Å². The lowest BCUT2D eigenvalue weighted by atomic mass is 10.1. The minimum atomic E-state index is -0.0204. The normalized spacial score (nSPS) is 11.1. The average molecular weight is 456 g/mol. The summed E-state index contributed by atoms with van der Waals surface area (Å²) in [5, 5.41) is 3.06. The average Bonchev–Trinajstić information content (AvgIpc) is 3.17. The predicted octanol–water partition coefficient (Wildman–Crippen LogP) is 5.71. The molecule has 0 aliphatic heterocycles. The third-order valence-electron chi connectivity index (χ3n) is 6.35. The molecule has 176 valence electrons. The van der Waals surface area contributed by atoms with Crippen LogP contribution in [0.25, 0.3) is 11.0 Å². The number of nitrogens with one attached hydrogen (secondary N) is 1. The number of hydrogen-bond acceptors (Lipinski definition) is 3. The number of fused-ring (bicyclic) bond motifs is 1. The van der Waals surface area contributed by atoms with E-state index in [-0.39, 0.29) is 5.91 Å². The molecule has 0 aliphatic rings. The Morgan fingerprint density at radius 1 is 0.971 bits per heavy atom. The maximum absolute atomic E-state index is 12.6. The van der Waals surface area contributed by atoms with Crippen LogP contribution >= 0.6 is 0 Å². The van der Waals surface area contributed by atoms with E-state index < -0.39 is 0 Å². The Hall–Kier alpha value is -3.60. The van der Waals surface area contributed by atoms with Gasteiger partial charge in [-0.3, -0.25) is 4.79 Å². The third-order valence-corrected chi connectivity index (χ3v) is 6.35. The Bertz CT molecular complexity index is 1310. The first kappa shape index (κ1) is 23.6. The third kappa shape index (κ3) is 5.30. The van der Waals surface area contributed by atoms with Crippen LogP contribution in [0.5, 0.6) is 5.75 Å². The fraction of sp³-hybridized carbons (Fsp3) is 0.310. The molecular weight excluding hydrogens is 422 g/mol. The second-order valence-corrected chi connectivity index (χ2v) is 8.89. The van der Waals surface area contributed by atoms with Crippen LogP contribution in [0.1, 0.15) is 44.9 Å². The van der Waals surface area contributed by atoms with Crippen molar-refractivity contribution in [3.05, 3.63) is 94.3 Å². The van der Waals surface area contributed by atoms with Gasteiger partial charge in [0.05, 0.1) is 17.6 Å². The van der Waals surface area contributed by atoms with E-state index in [4.69, 9.17) is 9.72 Å². The Labute approximate surface area is 201 Å². The Balaban J connectivity index is 1.38. The highest BCUT2D eigenvalue weighted by atomic mass is 16.5. The molecule has 0 bridgehead atoms. The number of amides is 1. The number of imidazole rings is 1. The quantitative estimate of drug-likeness (QED) is 0.329. The highest BCUT2D eigenvalue weighted by molar-refractivity contribution is 5.95. The fourth-order valence-corrected chi connectivity index (χ4v) is 4.31. The van der Waals surface area contributed by atoms with E-state index in [1.165, 1.54) is 11.1 Å². The fourth-order valence-electron chi connectivity index (χ4n) is 4.31. The number of nitrogens with zero attached hydrogens (tertiary/aromatic N) is 2. The largest absolute Gasteiger partial charge is 0.491 e. The monoisotopic (exact) mass is 455 g/mol. The molecule has 0 radical (unpaired) electrons. The summed E-state index contributed by atoms with van der Waals surface area (Å²) in [5.41, 5.74) is 7.41. The van der Waals surface area contributed by atoms with Crippen molar-refractivity contribution in [1.82, 2.24) is 14.9 Å². The zero-order valence-corrected chi connectivity index (χ0v) is 20.5. The molecular formula is C29H33N3O2. The molecule has 1 N–H and O–H groups in total. The molecule has 5 nitrogen and oxygen atoms in total. The van der Waals surface area contributed by atoms with Crippen LogP contribution in [-0.2, 0) is 13.0 Å². The molecule has 0 spiro atoms. The van der Waals surface area contributed by atoms with Crippen LogP contribution < -0.4 is 10.1 Å². The second kappa shape index (κ2) is 10.6. The molecule has 0 fully saturated rings. The molecule has 34 heavy (non-hydrogen) atoms. The van der Waals surface area contributed by atoms with Crippen molar-refractivity contribution in [2.75, 3.05) is 13.2 Å². The maximum atomic E-state index is 12.6. The molecule has 1 amide bonds. The maximum Gasteiger partial charge on any atom is 0.251 e. The van der Waals surface area contributed by atoms with Gasteiger partial charge in [-0.05, 0) is 75.1 Å². The number of para-hydroxylation sites is 2. The smallest absolute Gasteiger partial charge is 0.251 e. The van der Waals surface area contributed by atoms with Gasteiger partial charge in [0, 0.05) is 18.5 Å². The van der Waals surface area contributed by atoms with Gasteiger partial charge in [-0.1, -0.05) is 42.0 Å². The van der Waals surface area contributed by atoms with E-state index in [9.17, 15) is 4.79 Å². The summed E-state index contributed by atoms with van der Waals surface area (Å²) in [7, 11) is 0. The molecule has 1 aromatic heterocycles.